The Bertz CT molecular complexity index is 1320. The molecule has 0 atom stereocenters. The van der Waals surface area contributed by atoms with E-state index in [0.717, 1.165) is 22.4 Å². The Morgan fingerprint density at radius 1 is 1.19 bits per heavy atom. The monoisotopic (exact) mass is 393 g/mol. The molecule has 132 valence electrons. The lowest BCUT2D eigenvalue weighted by atomic mass is 10.1. The van der Waals surface area contributed by atoms with Gasteiger partial charge in [0.05, 0.1) is 4.53 Å². The van der Waals surface area contributed by atoms with Crippen molar-refractivity contribution in [3.8, 4) is 17.1 Å². The minimum Gasteiger partial charge on any atom is -0.488 e. The van der Waals surface area contributed by atoms with Gasteiger partial charge in [-0.15, -0.1) is 5.10 Å². The van der Waals surface area contributed by atoms with E-state index in [1.807, 2.05) is 48.6 Å². The van der Waals surface area contributed by atoms with Crippen molar-refractivity contribution in [3.63, 3.8) is 0 Å². The van der Waals surface area contributed by atoms with Crippen LogP contribution in [0.2, 0.25) is 5.02 Å². The van der Waals surface area contributed by atoms with Gasteiger partial charge in [0.1, 0.15) is 12.4 Å². The van der Waals surface area contributed by atoms with E-state index in [4.69, 9.17) is 16.3 Å². The molecule has 4 aromatic rings. The topological polar surface area (TPSA) is 56.5 Å². The summed E-state index contributed by atoms with van der Waals surface area (Å²) in [6, 6.07) is 15.1. The summed E-state index contributed by atoms with van der Waals surface area (Å²) < 4.78 is 7.66. The zero-order chi connectivity index (χ0) is 18.4. The second-order valence-electron chi connectivity index (χ2n) is 6.10. The maximum absolute atomic E-state index is 12.7. The SMILES string of the molecule is O=c1/c(=C/C2=Cc3ccccc3OC2)sc2nc(-c3cccc(Cl)c3)nn12. The first-order valence-corrected chi connectivity index (χ1v) is 9.46. The largest absolute Gasteiger partial charge is 0.488 e. The highest BCUT2D eigenvalue weighted by Crippen LogP contribution is 2.26. The van der Waals surface area contributed by atoms with Gasteiger partial charge in [0, 0.05) is 16.1 Å². The quantitative estimate of drug-likeness (QED) is 0.523. The molecule has 2 aromatic carbocycles. The van der Waals surface area contributed by atoms with Crippen LogP contribution in [0.15, 0.2) is 58.9 Å². The lowest BCUT2D eigenvalue weighted by Crippen LogP contribution is -2.24. The van der Waals surface area contributed by atoms with Gasteiger partial charge in [0.15, 0.2) is 5.82 Å². The van der Waals surface area contributed by atoms with Crippen LogP contribution in [-0.2, 0) is 0 Å². The first-order chi connectivity index (χ1) is 13.2. The highest BCUT2D eigenvalue weighted by atomic mass is 35.5. The molecule has 0 radical (unpaired) electrons. The molecular weight excluding hydrogens is 382 g/mol. The maximum atomic E-state index is 12.7. The summed E-state index contributed by atoms with van der Waals surface area (Å²) in [6.45, 7) is 0.428. The molecule has 5 rings (SSSR count). The van der Waals surface area contributed by atoms with Crippen molar-refractivity contribution in [3.05, 3.63) is 79.6 Å². The second-order valence-corrected chi connectivity index (χ2v) is 7.55. The van der Waals surface area contributed by atoms with Gasteiger partial charge in [-0.2, -0.15) is 9.50 Å². The number of hydrogen-bond acceptors (Lipinski definition) is 5. The van der Waals surface area contributed by atoms with Gasteiger partial charge in [0.25, 0.3) is 5.56 Å². The number of aromatic nitrogens is 3. The summed E-state index contributed by atoms with van der Waals surface area (Å²) in [5.41, 5.74) is 2.54. The van der Waals surface area contributed by atoms with Crippen LogP contribution in [0.4, 0.5) is 0 Å². The van der Waals surface area contributed by atoms with Gasteiger partial charge >= 0.3 is 0 Å². The molecule has 27 heavy (non-hydrogen) atoms. The number of para-hydroxylation sites is 1. The molecule has 2 aromatic heterocycles. The molecule has 0 spiro atoms. The predicted molar refractivity (Wildman–Crippen MR) is 107 cm³/mol. The molecule has 1 aliphatic heterocycles. The van der Waals surface area contributed by atoms with Crippen LogP contribution in [-0.4, -0.2) is 21.2 Å². The number of nitrogens with zero attached hydrogens (tertiary/aromatic N) is 3. The van der Waals surface area contributed by atoms with Crippen molar-refractivity contribution in [2.24, 2.45) is 0 Å². The molecular formula is C20H12ClN3O2S. The van der Waals surface area contributed by atoms with E-state index in [-0.39, 0.29) is 5.56 Å². The third-order valence-electron chi connectivity index (χ3n) is 4.24. The lowest BCUT2D eigenvalue weighted by molar-refractivity contribution is 0.352. The standard InChI is InChI=1S/C20H12ClN3O2S/c21-15-6-3-5-14(10-15)18-22-20-24(23-18)19(25)17(27-20)9-12-8-13-4-1-2-7-16(13)26-11-12/h1-10H,11H2/b17-9-. The van der Waals surface area contributed by atoms with Crippen molar-refractivity contribution in [2.75, 3.05) is 6.61 Å². The van der Waals surface area contributed by atoms with Gasteiger partial charge in [0.2, 0.25) is 4.96 Å². The molecule has 3 heterocycles. The molecule has 0 bridgehead atoms. The Morgan fingerprint density at radius 2 is 2.07 bits per heavy atom. The Hall–Kier alpha value is -2.96. The highest BCUT2D eigenvalue weighted by Gasteiger charge is 2.14. The Kier molecular flexibility index (Phi) is 3.81. The van der Waals surface area contributed by atoms with E-state index in [1.54, 1.807) is 12.1 Å². The third kappa shape index (κ3) is 2.93. The smallest absolute Gasteiger partial charge is 0.291 e. The molecule has 5 nitrogen and oxygen atoms in total. The van der Waals surface area contributed by atoms with Gasteiger partial charge in [-0.25, -0.2) is 0 Å². The first kappa shape index (κ1) is 16.2. The molecule has 0 saturated carbocycles. The summed E-state index contributed by atoms with van der Waals surface area (Å²) in [7, 11) is 0. The van der Waals surface area contributed by atoms with Crippen molar-refractivity contribution >= 4 is 40.1 Å². The Labute approximate surface area is 162 Å². The van der Waals surface area contributed by atoms with Crippen molar-refractivity contribution in [2.45, 2.75) is 0 Å². The number of ether oxygens (including phenoxy) is 1. The molecule has 0 N–H and O–H groups in total. The van der Waals surface area contributed by atoms with E-state index < -0.39 is 0 Å². The lowest BCUT2D eigenvalue weighted by Gasteiger charge is -2.15. The number of fused-ring (bicyclic) bond motifs is 2. The van der Waals surface area contributed by atoms with Gasteiger partial charge in [-0.1, -0.05) is 53.3 Å². The normalized spacial score (nSPS) is 14.1. The first-order valence-electron chi connectivity index (χ1n) is 8.27. The molecule has 1 aliphatic rings. The van der Waals surface area contributed by atoms with E-state index in [2.05, 4.69) is 10.1 Å². The molecule has 0 amide bonds. The Morgan fingerprint density at radius 3 is 2.93 bits per heavy atom. The van der Waals surface area contributed by atoms with Crippen LogP contribution in [0.25, 0.3) is 28.5 Å². The summed E-state index contributed by atoms with van der Waals surface area (Å²) >= 11 is 7.33. The van der Waals surface area contributed by atoms with Crippen LogP contribution in [0, 0.1) is 0 Å². The number of rotatable bonds is 2. The molecule has 0 saturated heterocycles. The third-order valence-corrected chi connectivity index (χ3v) is 5.43. The molecule has 7 heteroatoms. The molecule has 0 fully saturated rings. The Balaban J connectivity index is 1.57. The van der Waals surface area contributed by atoms with Crippen LogP contribution in [0.1, 0.15) is 5.56 Å². The fraction of sp³-hybridized carbons (Fsp3) is 0.0500. The zero-order valence-corrected chi connectivity index (χ0v) is 15.5. The van der Waals surface area contributed by atoms with Crippen LogP contribution in [0.3, 0.4) is 0 Å². The van der Waals surface area contributed by atoms with Gasteiger partial charge < -0.3 is 4.74 Å². The van der Waals surface area contributed by atoms with Gasteiger partial charge in [-0.05, 0) is 35.9 Å². The van der Waals surface area contributed by atoms with E-state index in [1.165, 1.54) is 15.9 Å². The number of thiazole rings is 1. The van der Waals surface area contributed by atoms with Crippen molar-refractivity contribution in [1.29, 1.82) is 0 Å². The van der Waals surface area contributed by atoms with Crippen molar-refractivity contribution < 1.29 is 4.74 Å². The average Bonchev–Trinajstić information content (AvgIpc) is 3.22. The predicted octanol–water partition coefficient (Wildman–Crippen LogP) is 3.45. The number of hydrogen-bond donors (Lipinski definition) is 0. The van der Waals surface area contributed by atoms with Crippen LogP contribution in [0.5, 0.6) is 5.75 Å². The highest BCUT2D eigenvalue weighted by molar-refractivity contribution is 7.15. The fourth-order valence-corrected chi connectivity index (χ4v) is 4.08. The van der Waals surface area contributed by atoms with E-state index >= 15 is 0 Å². The minimum absolute atomic E-state index is 0.185. The molecule has 0 unspecified atom stereocenters. The second kappa shape index (κ2) is 6.33. The summed E-state index contributed by atoms with van der Waals surface area (Å²) in [4.78, 5) is 17.7. The summed E-state index contributed by atoms with van der Waals surface area (Å²) in [5.74, 6) is 1.34. The number of halogens is 1. The van der Waals surface area contributed by atoms with Crippen molar-refractivity contribution in [1.82, 2.24) is 14.6 Å². The fourth-order valence-electron chi connectivity index (χ4n) is 2.97. The number of benzene rings is 2. The van der Waals surface area contributed by atoms with Crippen LogP contribution < -0.4 is 14.8 Å². The zero-order valence-electron chi connectivity index (χ0n) is 13.9. The minimum atomic E-state index is -0.185. The maximum Gasteiger partial charge on any atom is 0.291 e. The van der Waals surface area contributed by atoms with E-state index in [9.17, 15) is 4.79 Å². The van der Waals surface area contributed by atoms with Crippen LogP contribution >= 0.6 is 22.9 Å². The van der Waals surface area contributed by atoms with Gasteiger partial charge in [-0.3, -0.25) is 4.79 Å². The summed E-state index contributed by atoms with van der Waals surface area (Å²) in [5, 5.41) is 4.95. The van der Waals surface area contributed by atoms with E-state index in [0.29, 0.717) is 26.9 Å². The average molecular weight is 394 g/mol. The molecule has 0 aliphatic carbocycles. The summed E-state index contributed by atoms with van der Waals surface area (Å²) in [6.07, 6.45) is 3.88.